The van der Waals surface area contributed by atoms with Crippen LogP contribution in [0.5, 0.6) is 0 Å². The SMILES string of the molecule is NS(=O)(=O)CCN1C(=O)NC(=O)C2(CCCC2)C1=O. The van der Waals surface area contributed by atoms with E-state index in [4.69, 9.17) is 5.14 Å². The van der Waals surface area contributed by atoms with E-state index in [1.54, 1.807) is 0 Å². The van der Waals surface area contributed by atoms with Gasteiger partial charge in [0.1, 0.15) is 5.41 Å². The Morgan fingerprint density at radius 3 is 2.32 bits per heavy atom. The van der Waals surface area contributed by atoms with Crippen molar-refractivity contribution in [3.8, 4) is 0 Å². The molecule has 2 aliphatic rings. The smallest absolute Gasteiger partial charge is 0.277 e. The zero-order chi connectivity index (χ0) is 14.3. The number of carbonyl (C=O) groups is 3. The van der Waals surface area contributed by atoms with Gasteiger partial charge in [0, 0.05) is 6.54 Å². The lowest BCUT2D eigenvalue weighted by Gasteiger charge is -2.36. The number of barbiturate groups is 1. The van der Waals surface area contributed by atoms with E-state index in [0.717, 1.165) is 17.7 Å². The average Bonchev–Trinajstić information content (AvgIpc) is 2.75. The molecule has 1 aliphatic heterocycles. The molecule has 0 aromatic carbocycles. The van der Waals surface area contributed by atoms with Crippen LogP contribution in [0.4, 0.5) is 4.79 Å². The minimum Gasteiger partial charge on any atom is -0.277 e. The minimum atomic E-state index is -3.78. The van der Waals surface area contributed by atoms with Crippen LogP contribution >= 0.6 is 0 Å². The number of rotatable bonds is 3. The van der Waals surface area contributed by atoms with E-state index in [1.165, 1.54) is 0 Å². The molecule has 0 aromatic heterocycles. The first-order valence-electron chi connectivity index (χ1n) is 5.94. The molecule has 0 aromatic rings. The topological polar surface area (TPSA) is 127 Å². The third-order valence-electron chi connectivity index (χ3n) is 3.61. The van der Waals surface area contributed by atoms with Crippen LogP contribution in [-0.4, -0.2) is 43.5 Å². The van der Waals surface area contributed by atoms with Gasteiger partial charge in [0.2, 0.25) is 21.8 Å². The van der Waals surface area contributed by atoms with E-state index in [-0.39, 0.29) is 6.54 Å². The maximum Gasteiger partial charge on any atom is 0.330 e. The third-order valence-corrected chi connectivity index (χ3v) is 4.36. The highest BCUT2D eigenvalue weighted by Crippen LogP contribution is 2.41. The lowest BCUT2D eigenvalue weighted by Crippen LogP contribution is -2.63. The zero-order valence-electron chi connectivity index (χ0n) is 10.2. The van der Waals surface area contributed by atoms with Crippen LogP contribution in [0.25, 0.3) is 0 Å². The van der Waals surface area contributed by atoms with Crippen molar-refractivity contribution >= 4 is 27.9 Å². The summed E-state index contributed by atoms with van der Waals surface area (Å²) < 4.78 is 21.8. The number of nitrogens with two attached hydrogens (primary N) is 1. The van der Waals surface area contributed by atoms with Crippen LogP contribution in [0, 0.1) is 5.41 Å². The Kier molecular flexibility index (Phi) is 3.35. The minimum absolute atomic E-state index is 0.335. The van der Waals surface area contributed by atoms with Crippen molar-refractivity contribution in [2.45, 2.75) is 25.7 Å². The number of carbonyl (C=O) groups excluding carboxylic acids is 3. The second-order valence-electron chi connectivity index (χ2n) is 4.87. The predicted molar refractivity (Wildman–Crippen MR) is 64.1 cm³/mol. The number of sulfonamides is 1. The summed E-state index contributed by atoms with van der Waals surface area (Å²) in [5, 5.41) is 6.97. The Hall–Kier alpha value is -1.48. The van der Waals surface area contributed by atoms with Gasteiger partial charge >= 0.3 is 6.03 Å². The molecule has 8 nitrogen and oxygen atoms in total. The number of hydrogen-bond donors (Lipinski definition) is 2. The fourth-order valence-electron chi connectivity index (χ4n) is 2.57. The van der Waals surface area contributed by atoms with E-state index in [1.807, 2.05) is 0 Å². The molecule has 1 spiro atoms. The van der Waals surface area contributed by atoms with Gasteiger partial charge in [-0.3, -0.25) is 19.8 Å². The molecule has 0 bridgehead atoms. The maximum atomic E-state index is 12.3. The van der Waals surface area contributed by atoms with E-state index < -0.39 is 39.0 Å². The molecule has 0 radical (unpaired) electrons. The molecule has 3 N–H and O–H groups in total. The molecule has 1 aliphatic carbocycles. The van der Waals surface area contributed by atoms with E-state index in [0.29, 0.717) is 12.8 Å². The molecule has 2 fully saturated rings. The highest BCUT2D eigenvalue weighted by atomic mass is 32.2. The van der Waals surface area contributed by atoms with Crippen LogP contribution in [0.1, 0.15) is 25.7 Å². The quantitative estimate of drug-likeness (QED) is 0.638. The van der Waals surface area contributed by atoms with Crippen molar-refractivity contribution in [3.63, 3.8) is 0 Å². The van der Waals surface area contributed by atoms with Crippen LogP contribution in [-0.2, 0) is 19.6 Å². The monoisotopic (exact) mass is 289 g/mol. The highest BCUT2D eigenvalue weighted by Gasteiger charge is 2.54. The van der Waals surface area contributed by atoms with Gasteiger partial charge in [0.05, 0.1) is 5.75 Å². The third kappa shape index (κ3) is 2.47. The summed E-state index contributed by atoms with van der Waals surface area (Å²) in [5.74, 6) is -1.70. The number of nitrogens with zero attached hydrogens (tertiary/aromatic N) is 1. The largest absolute Gasteiger partial charge is 0.330 e. The van der Waals surface area contributed by atoms with Gasteiger partial charge < -0.3 is 0 Å². The van der Waals surface area contributed by atoms with E-state index >= 15 is 0 Å². The van der Waals surface area contributed by atoms with Gasteiger partial charge in [0.15, 0.2) is 0 Å². The van der Waals surface area contributed by atoms with Gasteiger partial charge in [-0.2, -0.15) is 0 Å². The number of nitrogens with one attached hydrogen (secondary N) is 1. The first-order valence-corrected chi connectivity index (χ1v) is 7.66. The number of hydrogen-bond acceptors (Lipinski definition) is 5. The van der Waals surface area contributed by atoms with E-state index in [9.17, 15) is 22.8 Å². The molecule has 1 heterocycles. The molecule has 1 saturated carbocycles. The molecule has 19 heavy (non-hydrogen) atoms. The second kappa shape index (κ2) is 4.57. The van der Waals surface area contributed by atoms with Crippen LogP contribution in [0.15, 0.2) is 0 Å². The van der Waals surface area contributed by atoms with Crippen molar-refractivity contribution in [2.75, 3.05) is 12.3 Å². The highest BCUT2D eigenvalue weighted by molar-refractivity contribution is 7.89. The van der Waals surface area contributed by atoms with Gasteiger partial charge in [-0.15, -0.1) is 0 Å². The summed E-state index contributed by atoms with van der Waals surface area (Å²) in [6.07, 6.45) is 2.24. The van der Waals surface area contributed by atoms with Crippen molar-refractivity contribution in [3.05, 3.63) is 0 Å². The first kappa shape index (κ1) is 13.9. The van der Waals surface area contributed by atoms with Crippen molar-refractivity contribution < 1.29 is 22.8 Å². The summed E-state index contributed by atoms with van der Waals surface area (Å²) in [6.45, 7) is -0.335. The van der Waals surface area contributed by atoms with Crippen molar-refractivity contribution in [2.24, 2.45) is 10.6 Å². The molecule has 0 atom stereocenters. The average molecular weight is 289 g/mol. The van der Waals surface area contributed by atoms with Gasteiger partial charge in [-0.1, -0.05) is 12.8 Å². The zero-order valence-corrected chi connectivity index (χ0v) is 11.0. The molecular weight excluding hydrogens is 274 g/mol. The fourth-order valence-corrected chi connectivity index (χ4v) is 3.01. The number of urea groups is 1. The first-order chi connectivity index (χ1) is 8.76. The lowest BCUT2D eigenvalue weighted by molar-refractivity contribution is -0.150. The van der Waals surface area contributed by atoms with Gasteiger partial charge in [-0.25, -0.2) is 18.4 Å². The molecule has 2 rings (SSSR count). The fraction of sp³-hybridized carbons (Fsp3) is 0.700. The Bertz CT molecular complexity index is 535. The summed E-state index contributed by atoms with van der Waals surface area (Å²) in [5.41, 5.74) is -1.20. The van der Waals surface area contributed by atoms with E-state index in [2.05, 4.69) is 5.32 Å². The molecule has 1 saturated heterocycles. The standard InChI is InChI=1S/C10H15N3O5S/c11-19(17,18)6-5-13-8(15)10(3-1-2-4-10)7(14)12-9(13)16/h1-6H2,(H2,11,17,18)(H,12,14,16). The van der Waals surface area contributed by atoms with Gasteiger partial charge in [-0.05, 0) is 12.8 Å². The summed E-state index contributed by atoms with van der Waals surface area (Å²) in [7, 11) is -3.78. The summed E-state index contributed by atoms with van der Waals surface area (Å²) in [6, 6.07) is -0.879. The molecule has 9 heteroatoms. The van der Waals surface area contributed by atoms with Crippen LogP contribution in [0.3, 0.4) is 0 Å². The van der Waals surface area contributed by atoms with Crippen LogP contribution in [0.2, 0.25) is 0 Å². The number of primary sulfonamides is 1. The lowest BCUT2D eigenvalue weighted by atomic mass is 9.82. The summed E-state index contributed by atoms with van der Waals surface area (Å²) >= 11 is 0. The molecular formula is C10H15N3O5S. The van der Waals surface area contributed by atoms with Gasteiger partial charge in [0.25, 0.3) is 0 Å². The van der Waals surface area contributed by atoms with Crippen molar-refractivity contribution in [1.82, 2.24) is 10.2 Å². The number of amides is 4. The Morgan fingerprint density at radius 2 is 1.79 bits per heavy atom. The molecule has 4 amide bonds. The predicted octanol–water partition coefficient (Wildman–Crippen LogP) is -1.09. The molecule has 0 unspecified atom stereocenters. The second-order valence-corrected chi connectivity index (χ2v) is 6.61. The Morgan fingerprint density at radius 1 is 1.21 bits per heavy atom. The van der Waals surface area contributed by atoms with Crippen molar-refractivity contribution in [1.29, 1.82) is 0 Å². The summed E-state index contributed by atoms with van der Waals surface area (Å²) in [4.78, 5) is 36.5. The normalized spacial score (nSPS) is 23.0. The molecule has 106 valence electrons. The maximum absolute atomic E-state index is 12.3. The Labute approximate surface area is 110 Å². The van der Waals surface area contributed by atoms with Crippen LogP contribution < -0.4 is 10.5 Å². The Balaban J connectivity index is 2.21. The number of imide groups is 2.